The normalized spacial score (nSPS) is 11.5. The minimum atomic E-state index is -0.854. The molecule has 0 unspecified atom stereocenters. The molecule has 0 amide bonds. The molecule has 0 saturated heterocycles. The monoisotopic (exact) mass is 352 g/mol. The Morgan fingerprint density at radius 3 is 0.960 bits per heavy atom. The van der Waals surface area contributed by atoms with Gasteiger partial charge in [-0.2, -0.15) is 0 Å². The van der Waals surface area contributed by atoms with Gasteiger partial charge in [-0.3, -0.25) is 0 Å². The highest BCUT2D eigenvalue weighted by Crippen LogP contribution is 2.13. The fourth-order valence-corrected chi connectivity index (χ4v) is 2.84. The number of hydrogen-bond donors (Lipinski definition) is 2. The summed E-state index contributed by atoms with van der Waals surface area (Å²) in [7, 11) is 0. The van der Waals surface area contributed by atoms with E-state index in [0.717, 1.165) is 25.7 Å². The van der Waals surface area contributed by atoms with E-state index in [-0.39, 0.29) is 0 Å². The largest absolute Gasteiger partial charge is 0.478 e. The number of hydrogen-bond acceptors (Lipinski definition) is 2. The second-order valence-corrected chi connectivity index (χ2v) is 6.65. The van der Waals surface area contributed by atoms with Crippen molar-refractivity contribution in [2.24, 2.45) is 0 Å². The van der Waals surface area contributed by atoms with E-state index in [0.29, 0.717) is 0 Å². The zero-order chi connectivity index (χ0) is 18.6. The molecule has 4 nitrogen and oxygen atoms in total. The van der Waals surface area contributed by atoms with Gasteiger partial charge in [0.1, 0.15) is 0 Å². The van der Waals surface area contributed by atoms with Crippen molar-refractivity contribution in [2.75, 3.05) is 0 Å². The summed E-state index contributed by atoms with van der Waals surface area (Å²) in [5.41, 5.74) is 0. The molecule has 0 aliphatic rings. The maximum Gasteiger partial charge on any atom is 0.327 e. The van der Waals surface area contributed by atoms with Crippen molar-refractivity contribution >= 4 is 11.9 Å². The number of carboxylic acid groups (broad SMARTS) is 2. The molecule has 0 aliphatic heterocycles. The van der Waals surface area contributed by atoms with Crippen LogP contribution in [0.4, 0.5) is 0 Å². The van der Waals surface area contributed by atoms with Crippen LogP contribution in [0.1, 0.15) is 96.3 Å². The fraction of sp³-hybridized carbons (Fsp3) is 0.714. The first-order valence-electron chi connectivity index (χ1n) is 9.92. The number of aliphatic carboxylic acids is 2. The van der Waals surface area contributed by atoms with E-state index in [1.165, 1.54) is 82.8 Å². The van der Waals surface area contributed by atoms with Gasteiger partial charge in [0, 0.05) is 12.2 Å². The molecule has 0 bridgehead atoms. The van der Waals surface area contributed by atoms with Crippen LogP contribution in [0.5, 0.6) is 0 Å². The van der Waals surface area contributed by atoms with Crippen molar-refractivity contribution in [3.05, 3.63) is 24.3 Å². The molecule has 25 heavy (non-hydrogen) atoms. The van der Waals surface area contributed by atoms with Crippen LogP contribution >= 0.6 is 0 Å². The predicted octanol–water partition coefficient (Wildman–Crippen LogP) is 6.12. The highest BCUT2D eigenvalue weighted by molar-refractivity contribution is 5.79. The Morgan fingerprint density at radius 2 is 0.720 bits per heavy atom. The molecule has 0 radical (unpaired) electrons. The molecule has 0 aromatic heterocycles. The summed E-state index contributed by atoms with van der Waals surface area (Å²) in [6.45, 7) is 0. The smallest absolute Gasteiger partial charge is 0.327 e. The maximum atomic E-state index is 10.3. The molecular formula is C21H36O4. The molecule has 0 spiro atoms. The lowest BCUT2D eigenvalue weighted by atomic mass is 10.0. The van der Waals surface area contributed by atoms with Gasteiger partial charge < -0.3 is 10.2 Å². The molecule has 0 saturated carbocycles. The van der Waals surface area contributed by atoms with Gasteiger partial charge in [0.2, 0.25) is 0 Å². The molecule has 0 aliphatic carbocycles. The Morgan fingerprint density at radius 1 is 0.480 bits per heavy atom. The molecule has 2 N–H and O–H groups in total. The van der Waals surface area contributed by atoms with Gasteiger partial charge in [-0.05, 0) is 25.7 Å². The van der Waals surface area contributed by atoms with Crippen molar-refractivity contribution in [3.63, 3.8) is 0 Å². The summed E-state index contributed by atoms with van der Waals surface area (Å²) in [5, 5.41) is 16.9. The van der Waals surface area contributed by atoms with E-state index in [1.54, 1.807) is 12.2 Å². The van der Waals surface area contributed by atoms with E-state index in [4.69, 9.17) is 10.2 Å². The van der Waals surface area contributed by atoms with Gasteiger partial charge in [0.15, 0.2) is 0 Å². The highest BCUT2D eigenvalue weighted by atomic mass is 16.4. The third-order valence-electron chi connectivity index (χ3n) is 4.26. The summed E-state index contributed by atoms with van der Waals surface area (Å²) in [6, 6.07) is 0. The van der Waals surface area contributed by atoms with E-state index in [2.05, 4.69) is 0 Å². The molecule has 0 heterocycles. The lowest BCUT2D eigenvalue weighted by Gasteiger charge is -2.02. The average molecular weight is 353 g/mol. The van der Waals surface area contributed by atoms with Crippen LogP contribution in [-0.4, -0.2) is 22.2 Å². The average Bonchev–Trinajstić information content (AvgIpc) is 2.56. The van der Waals surface area contributed by atoms with Crippen molar-refractivity contribution < 1.29 is 19.8 Å². The third-order valence-corrected chi connectivity index (χ3v) is 4.26. The number of allylic oxidation sites excluding steroid dienone is 2. The quantitative estimate of drug-likeness (QED) is 0.230. The van der Waals surface area contributed by atoms with Crippen LogP contribution in [-0.2, 0) is 9.59 Å². The molecule has 0 atom stereocenters. The summed E-state index contributed by atoms with van der Waals surface area (Å²) in [5.74, 6) is -1.71. The number of unbranched alkanes of at least 4 members (excludes halogenated alkanes) is 14. The van der Waals surface area contributed by atoms with E-state index < -0.39 is 11.9 Å². The molecule has 4 heteroatoms. The zero-order valence-electron chi connectivity index (χ0n) is 15.6. The lowest BCUT2D eigenvalue weighted by molar-refractivity contribution is -0.132. The first kappa shape index (κ1) is 23.4. The number of rotatable bonds is 18. The molecule has 0 fully saturated rings. The van der Waals surface area contributed by atoms with Crippen LogP contribution in [0.15, 0.2) is 24.3 Å². The Balaban J connectivity index is 3.09. The van der Waals surface area contributed by atoms with E-state index >= 15 is 0 Å². The minimum absolute atomic E-state index is 0.854. The third kappa shape index (κ3) is 22.4. The van der Waals surface area contributed by atoms with E-state index in [9.17, 15) is 9.59 Å². The molecule has 0 aromatic rings. The second kappa shape index (κ2) is 18.8. The van der Waals surface area contributed by atoms with Gasteiger partial charge in [0.25, 0.3) is 0 Å². The lowest BCUT2D eigenvalue weighted by Crippen LogP contribution is -1.86. The predicted molar refractivity (Wildman–Crippen MR) is 103 cm³/mol. The fourth-order valence-electron chi connectivity index (χ4n) is 2.84. The van der Waals surface area contributed by atoms with Crippen molar-refractivity contribution in [3.8, 4) is 0 Å². The van der Waals surface area contributed by atoms with Gasteiger partial charge in [-0.1, -0.05) is 82.8 Å². The minimum Gasteiger partial charge on any atom is -0.478 e. The van der Waals surface area contributed by atoms with E-state index in [1.807, 2.05) is 0 Å². The van der Waals surface area contributed by atoms with Gasteiger partial charge in [-0.15, -0.1) is 0 Å². The summed E-state index contributed by atoms with van der Waals surface area (Å²) >= 11 is 0. The molecule has 0 rings (SSSR count). The second-order valence-electron chi connectivity index (χ2n) is 6.65. The van der Waals surface area contributed by atoms with Crippen LogP contribution < -0.4 is 0 Å². The Bertz CT molecular complexity index is 349. The van der Waals surface area contributed by atoms with Gasteiger partial charge >= 0.3 is 11.9 Å². The summed E-state index contributed by atoms with van der Waals surface area (Å²) in [6.07, 6.45) is 24.1. The van der Waals surface area contributed by atoms with Gasteiger partial charge in [0.05, 0.1) is 0 Å². The number of carbonyl (C=O) groups is 2. The SMILES string of the molecule is O=C(O)C=CCCCCCCCCCCCCCCCC=CC(=O)O. The molecule has 0 aromatic carbocycles. The Labute approximate surface area is 153 Å². The Hall–Kier alpha value is -1.58. The van der Waals surface area contributed by atoms with Crippen molar-refractivity contribution in [2.45, 2.75) is 96.3 Å². The van der Waals surface area contributed by atoms with Crippen molar-refractivity contribution in [1.82, 2.24) is 0 Å². The Kier molecular flexibility index (Phi) is 17.6. The highest BCUT2D eigenvalue weighted by Gasteiger charge is 1.94. The summed E-state index contributed by atoms with van der Waals surface area (Å²) < 4.78 is 0. The molecular weight excluding hydrogens is 316 g/mol. The molecule has 144 valence electrons. The van der Waals surface area contributed by atoms with Crippen LogP contribution in [0.25, 0.3) is 0 Å². The summed E-state index contributed by atoms with van der Waals surface area (Å²) in [4.78, 5) is 20.6. The standard InChI is InChI=1S/C21H36O4/c22-20(23)18-16-14-12-10-8-6-4-2-1-3-5-7-9-11-13-15-17-19-21(24)25/h16-19H,1-15H2,(H,22,23)(H,24,25). The van der Waals surface area contributed by atoms with Gasteiger partial charge in [-0.25, -0.2) is 9.59 Å². The van der Waals surface area contributed by atoms with Crippen LogP contribution in [0, 0.1) is 0 Å². The first-order chi connectivity index (χ1) is 12.1. The maximum absolute atomic E-state index is 10.3. The van der Waals surface area contributed by atoms with Crippen LogP contribution in [0.3, 0.4) is 0 Å². The topological polar surface area (TPSA) is 74.6 Å². The number of carboxylic acids is 2. The van der Waals surface area contributed by atoms with Crippen LogP contribution in [0.2, 0.25) is 0 Å². The zero-order valence-corrected chi connectivity index (χ0v) is 15.6. The van der Waals surface area contributed by atoms with Crippen molar-refractivity contribution in [1.29, 1.82) is 0 Å². The first-order valence-corrected chi connectivity index (χ1v) is 9.92.